The minimum Gasteiger partial charge on any atom is -0.384 e. The monoisotopic (exact) mass is 212 g/mol. The number of halogens is 3. The van der Waals surface area contributed by atoms with Crippen molar-refractivity contribution in [1.82, 2.24) is 4.98 Å². The van der Waals surface area contributed by atoms with Crippen LogP contribution in [0, 0.1) is 0 Å². The van der Waals surface area contributed by atoms with Crippen LogP contribution in [0.3, 0.4) is 0 Å². The highest BCUT2D eigenvalue weighted by molar-refractivity contribution is 6.48. The molecule has 0 atom stereocenters. The molecule has 1 aromatic rings. The van der Waals surface area contributed by atoms with Crippen molar-refractivity contribution in [2.24, 2.45) is 0 Å². The van der Waals surface area contributed by atoms with Gasteiger partial charge in [0.15, 0.2) is 0 Å². The third-order valence-electron chi connectivity index (χ3n) is 1.07. The van der Waals surface area contributed by atoms with E-state index < -0.39 is 5.56 Å². The Kier molecular flexibility index (Phi) is 2.32. The first-order valence-electron chi connectivity index (χ1n) is 2.56. The molecule has 0 aliphatic rings. The van der Waals surface area contributed by atoms with Crippen LogP contribution in [0.15, 0.2) is 4.79 Å². The van der Waals surface area contributed by atoms with Crippen molar-refractivity contribution in [3.05, 3.63) is 25.4 Å². The van der Waals surface area contributed by atoms with Gasteiger partial charge in [0.25, 0.3) is 5.56 Å². The Morgan fingerprint density at radius 2 is 1.64 bits per heavy atom. The number of aromatic amines is 1. The standard InChI is InChI=1S/C5H3Cl3N2O/c6-1-2(7)4(9)10-5(11)3(1)8/h(H3,9,10,11). The Bertz CT molecular complexity index is 346. The SMILES string of the molecule is Nc1[nH]c(=O)c(Cl)c(Cl)c1Cl. The number of H-pyrrole nitrogens is 1. The molecule has 1 rings (SSSR count). The molecule has 0 aromatic carbocycles. The molecule has 11 heavy (non-hydrogen) atoms. The van der Waals surface area contributed by atoms with Crippen molar-refractivity contribution in [2.75, 3.05) is 5.73 Å². The molecule has 0 bridgehead atoms. The minimum absolute atomic E-state index is 0.0189. The third kappa shape index (κ3) is 1.45. The van der Waals surface area contributed by atoms with Crippen LogP contribution in [0.4, 0.5) is 5.82 Å². The van der Waals surface area contributed by atoms with Gasteiger partial charge >= 0.3 is 0 Å². The van der Waals surface area contributed by atoms with Crippen LogP contribution >= 0.6 is 34.8 Å². The van der Waals surface area contributed by atoms with E-state index in [1.54, 1.807) is 0 Å². The minimum atomic E-state index is -0.543. The van der Waals surface area contributed by atoms with Crippen molar-refractivity contribution < 1.29 is 0 Å². The molecule has 1 aromatic heterocycles. The summed E-state index contributed by atoms with van der Waals surface area (Å²) in [4.78, 5) is 13.0. The van der Waals surface area contributed by atoms with Gasteiger partial charge in [0, 0.05) is 0 Å². The lowest BCUT2D eigenvalue weighted by Gasteiger charge is -2.00. The maximum Gasteiger partial charge on any atom is 0.269 e. The topological polar surface area (TPSA) is 58.9 Å². The number of aromatic nitrogens is 1. The second kappa shape index (κ2) is 2.93. The van der Waals surface area contributed by atoms with Gasteiger partial charge in [0.05, 0.1) is 5.02 Å². The van der Waals surface area contributed by atoms with E-state index in [4.69, 9.17) is 40.5 Å². The Morgan fingerprint density at radius 3 is 2.18 bits per heavy atom. The Hall–Kier alpha value is -0.380. The number of hydrogen-bond acceptors (Lipinski definition) is 2. The van der Waals surface area contributed by atoms with Crippen LogP contribution < -0.4 is 11.3 Å². The maximum atomic E-state index is 10.8. The van der Waals surface area contributed by atoms with Crippen molar-refractivity contribution in [1.29, 1.82) is 0 Å². The van der Waals surface area contributed by atoms with Gasteiger partial charge in [-0.3, -0.25) is 4.79 Å². The summed E-state index contributed by atoms with van der Waals surface area (Å²) < 4.78 is 0. The van der Waals surface area contributed by atoms with Gasteiger partial charge in [-0.25, -0.2) is 0 Å². The fourth-order valence-corrected chi connectivity index (χ4v) is 1.07. The molecule has 0 aliphatic carbocycles. The molecule has 0 fully saturated rings. The van der Waals surface area contributed by atoms with E-state index in [0.29, 0.717) is 0 Å². The van der Waals surface area contributed by atoms with Gasteiger partial charge in [-0.1, -0.05) is 34.8 Å². The summed E-state index contributed by atoms with van der Waals surface area (Å²) in [7, 11) is 0. The van der Waals surface area contributed by atoms with Gasteiger partial charge in [-0.2, -0.15) is 0 Å². The van der Waals surface area contributed by atoms with Crippen LogP contribution in [-0.4, -0.2) is 4.98 Å². The first kappa shape index (κ1) is 8.71. The second-order valence-electron chi connectivity index (χ2n) is 1.81. The van der Waals surface area contributed by atoms with Crippen LogP contribution in [-0.2, 0) is 0 Å². The van der Waals surface area contributed by atoms with E-state index in [2.05, 4.69) is 4.98 Å². The van der Waals surface area contributed by atoms with Crippen molar-refractivity contribution in [3.8, 4) is 0 Å². The molecule has 60 valence electrons. The molecule has 3 N–H and O–H groups in total. The predicted molar refractivity (Wildman–Crippen MR) is 46.5 cm³/mol. The quantitative estimate of drug-likeness (QED) is 0.692. The maximum absolute atomic E-state index is 10.8. The van der Waals surface area contributed by atoms with E-state index in [9.17, 15) is 4.79 Å². The molecule has 0 radical (unpaired) electrons. The van der Waals surface area contributed by atoms with Gasteiger partial charge < -0.3 is 10.7 Å². The first-order valence-corrected chi connectivity index (χ1v) is 3.69. The van der Waals surface area contributed by atoms with Gasteiger partial charge in [0.2, 0.25) is 0 Å². The number of nitrogen functional groups attached to an aromatic ring is 1. The van der Waals surface area contributed by atoms with E-state index in [1.807, 2.05) is 0 Å². The summed E-state index contributed by atoms with van der Waals surface area (Å²) in [5, 5.41) is -0.100. The molecule has 0 saturated heterocycles. The fraction of sp³-hybridized carbons (Fsp3) is 0. The molecule has 0 unspecified atom stereocenters. The van der Waals surface area contributed by atoms with Crippen LogP contribution in [0.25, 0.3) is 0 Å². The molecule has 1 heterocycles. The fourth-order valence-electron chi connectivity index (χ4n) is 0.546. The van der Waals surface area contributed by atoms with Gasteiger partial charge in [0.1, 0.15) is 15.9 Å². The summed E-state index contributed by atoms with van der Waals surface area (Å²) in [6.07, 6.45) is 0. The van der Waals surface area contributed by atoms with Crippen LogP contribution in [0.1, 0.15) is 0 Å². The average molecular weight is 213 g/mol. The first-order chi connectivity index (χ1) is 5.04. The highest BCUT2D eigenvalue weighted by Gasteiger charge is 2.10. The third-order valence-corrected chi connectivity index (χ3v) is 2.39. The zero-order chi connectivity index (χ0) is 8.59. The number of anilines is 1. The zero-order valence-corrected chi connectivity index (χ0v) is 7.39. The Balaban J connectivity index is 3.59. The number of pyridine rings is 1. The Labute approximate surface area is 77.1 Å². The lowest BCUT2D eigenvalue weighted by Crippen LogP contribution is -2.10. The molecule has 0 amide bonds. The number of hydrogen-bond donors (Lipinski definition) is 2. The average Bonchev–Trinajstić information content (AvgIpc) is 1.97. The molecule has 0 saturated carbocycles. The van der Waals surface area contributed by atoms with E-state index in [-0.39, 0.29) is 20.9 Å². The van der Waals surface area contributed by atoms with E-state index in [1.165, 1.54) is 0 Å². The number of rotatable bonds is 0. The van der Waals surface area contributed by atoms with Gasteiger partial charge in [-0.05, 0) is 0 Å². The molecular weight excluding hydrogens is 210 g/mol. The summed E-state index contributed by atoms with van der Waals surface area (Å²) in [5.74, 6) is 0.0195. The van der Waals surface area contributed by atoms with E-state index >= 15 is 0 Å². The lowest BCUT2D eigenvalue weighted by molar-refractivity contribution is 1.25. The lowest BCUT2D eigenvalue weighted by atomic mass is 10.4. The number of nitrogens with two attached hydrogens (primary N) is 1. The summed E-state index contributed by atoms with van der Waals surface area (Å²) in [6.45, 7) is 0. The van der Waals surface area contributed by atoms with Gasteiger partial charge in [-0.15, -0.1) is 0 Å². The van der Waals surface area contributed by atoms with E-state index in [0.717, 1.165) is 0 Å². The normalized spacial score (nSPS) is 10.1. The molecular formula is C5H3Cl3N2O. The molecule has 6 heteroatoms. The predicted octanol–water partition coefficient (Wildman–Crippen LogP) is 1.92. The highest BCUT2D eigenvalue weighted by atomic mass is 35.5. The van der Waals surface area contributed by atoms with Crippen LogP contribution in [0.2, 0.25) is 15.1 Å². The highest BCUT2D eigenvalue weighted by Crippen LogP contribution is 2.29. The summed E-state index contributed by atoms with van der Waals surface area (Å²) in [6, 6.07) is 0. The molecule has 0 aliphatic heterocycles. The Morgan fingerprint density at radius 1 is 1.09 bits per heavy atom. The van der Waals surface area contributed by atoms with Crippen molar-refractivity contribution in [2.45, 2.75) is 0 Å². The van der Waals surface area contributed by atoms with Crippen molar-refractivity contribution in [3.63, 3.8) is 0 Å². The van der Waals surface area contributed by atoms with Crippen LogP contribution in [0.5, 0.6) is 0 Å². The number of nitrogens with one attached hydrogen (secondary N) is 1. The smallest absolute Gasteiger partial charge is 0.269 e. The van der Waals surface area contributed by atoms with Crippen molar-refractivity contribution >= 4 is 40.6 Å². The zero-order valence-electron chi connectivity index (χ0n) is 5.12. The largest absolute Gasteiger partial charge is 0.384 e. The molecule has 0 spiro atoms. The summed E-state index contributed by atoms with van der Waals surface area (Å²) in [5.41, 5.74) is 4.72. The molecule has 3 nitrogen and oxygen atoms in total. The summed E-state index contributed by atoms with van der Waals surface area (Å²) >= 11 is 16.5. The second-order valence-corrected chi connectivity index (χ2v) is 2.94.